The summed E-state index contributed by atoms with van der Waals surface area (Å²) in [5.41, 5.74) is 7.56. The molecular formula is C11H18N2O. The van der Waals surface area contributed by atoms with Crippen LogP contribution in [0.5, 0.6) is 0 Å². The highest BCUT2D eigenvalue weighted by Crippen LogP contribution is 2.03. The lowest BCUT2D eigenvalue weighted by molar-refractivity contribution is 0.118. The minimum Gasteiger partial charge on any atom is -0.377 e. The van der Waals surface area contributed by atoms with E-state index in [1.807, 2.05) is 12.1 Å². The lowest BCUT2D eigenvalue weighted by atomic mass is 10.2. The Hall–Kier alpha value is -0.930. The Labute approximate surface area is 85.3 Å². The molecule has 0 amide bonds. The summed E-state index contributed by atoms with van der Waals surface area (Å²) in [4.78, 5) is 4.12. The van der Waals surface area contributed by atoms with Gasteiger partial charge in [0.1, 0.15) is 0 Å². The maximum atomic E-state index is 5.49. The fourth-order valence-corrected chi connectivity index (χ4v) is 1.17. The van der Waals surface area contributed by atoms with Crippen molar-refractivity contribution in [1.82, 2.24) is 4.98 Å². The van der Waals surface area contributed by atoms with Crippen LogP contribution in [0.1, 0.15) is 31.0 Å². The minimum atomic E-state index is 0.489. The molecule has 0 aromatic carbocycles. The number of hydrogen-bond donors (Lipinski definition) is 1. The van der Waals surface area contributed by atoms with Gasteiger partial charge in [0.05, 0.1) is 12.3 Å². The molecule has 0 saturated carbocycles. The molecular weight excluding hydrogens is 176 g/mol. The number of ether oxygens (including phenoxy) is 1. The van der Waals surface area contributed by atoms with E-state index in [0.717, 1.165) is 24.3 Å². The summed E-state index contributed by atoms with van der Waals surface area (Å²) in [6, 6.07) is 3.96. The SMILES string of the molecule is CCCCOCc1ccnc(CN)c1. The van der Waals surface area contributed by atoms with Gasteiger partial charge in [-0.1, -0.05) is 13.3 Å². The number of pyridine rings is 1. The summed E-state index contributed by atoms with van der Waals surface area (Å²) < 4.78 is 5.49. The van der Waals surface area contributed by atoms with E-state index in [0.29, 0.717) is 13.2 Å². The molecule has 2 N–H and O–H groups in total. The lowest BCUT2D eigenvalue weighted by Gasteiger charge is -2.04. The first-order chi connectivity index (χ1) is 6.86. The average molecular weight is 194 g/mol. The second-order valence-corrected chi connectivity index (χ2v) is 3.27. The first-order valence-corrected chi connectivity index (χ1v) is 5.08. The molecule has 0 atom stereocenters. The summed E-state index contributed by atoms with van der Waals surface area (Å²) in [5.74, 6) is 0. The van der Waals surface area contributed by atoms with E-state index in [2.05, 4.69) is 11.9 Å². The standard InChI is InChI=1S/C11H18N2O/c1-2-3-6-14-9-10-4-5-13-11(7-10)8-12/h4-5,7H,2-3,6,8-9,12H2,1H3. The van der Waals surface area contributed by atoms with E-state index in [4.69, 9.17) is 10.5 Å². The van der Waals surface area contributed by atoms with Gasteiger partial charge in [-0.15, -0.1) is 0 Å². The van der Waals surface area contributed by atoms with Crippen molar-refractivity contribution < 1.29 is 4.74 Å². The Morgan fingerprint density at radius 3 is 3.07 bits per heavy atom. The highest BCUT2D eigenvalue weighted by Gasteiger charge is 1.95. The van der Waals surface area contributed by atoms with Crippen LogP contribution in [0, 0.1) is 0 Å². The number of unbranched alkanes of at least 4 members (excludes halogenated alkanes) is 1. The van der Waals surface area contributed by atoms with Crippen LogP contribution < -0.4 is 5.73 Å². The maximum Gasteiger partial charge on any atom is 0.0718 e. The van der Waals surface area contributed by atoms with Crippen molar-refractivity contribution in [2.24, 2.45) is 5.73 Å². The topological polar surface area (TPSA) is 48.1 Å². The summed E-state index contributed by atoms with van der Waals surface area (Å²) in [6.07, 6.45) is 4.07. The quantitative estimate of drug-likeness (QED) is 0.703. The summed E-state index contributed by atoms with van der Waals surface area (Å²) in [7, 11) is 0. The van der Waals surface area contributed by atoms with Crippen LogP contribution in [0.3, 0.4) is 0 Å². The molecule has 0 fully saturated rings. The van der Waals surface area contributed by atoms with E-state index in [1.165, 1.54) is 6.42 Å². The monoisotopic (exact) mass is 194 g/mol. The maximum absolute atomic E-state index is 5.49. The van der Waals surface area contributed by atoms with Crippen LogP contribution in [-0.2, 0) is 17.9 Å². The largest absolute Gasteiger partial charge is 0.377 e. The van der Waals surface area contributed by atoms with Gasteiger partial charge in [-0.2, -0.15) is 0 Å². The number of nitrogens with two attached hydrogens (primary N) is 1. The van der Waals surface area contributed by atoms with Gasteiger partial charge in [0.25, 0.3) is 0 Å². The van der Waals surface area contributed by atoms with Crippen molar-refractivity contribution in [3.8, 4) is 0 Å². The van der Waals surface area contributed by atoms with Crippen LogP contribution in [0.2, 0.25) is 0 Å². The van der Waals surface area contributed by atoms with Crippen molar-refractivity contribution >= 4 is 0 Å². The van der Waals surface area contributed by atoms with E-state index < -0.39 is 0 Å². The Morgan fingerprint density at radius 1 is 1.50 bits per heavy atom. The minimum absolute atomic E-state index is 0.489. The van der Waals surface area contributed by atoms with Gasteiger partial charge in [-0.25, -0.2) is 0 Å². The van der Waals surface area contributed by atoms with Gasteiger partial charge in [0.2, 0.25) is 0 Å². The van der Waals surface area contributed by atoms with E-state index >= 15 is 0 Å². The second-order valence-electron chi connectivity index (χ2n) is 3.27. The Morgan fingerprint density at radius 2 is 2.36 bits per heavy atom. The molecule has 1 aromatic rings. The van der Waals surface area contributed by atoms with Crippen LogP contribution >= 0.6 is 0 Å². The predicted octanol–water partition coefficient (Wildman–Crippen LogP) is 1.86. The van der Waals surface area contributed by atoms with Gasteiger partial charge in [0.15, 0.2) is 0 Å². The number of nitrogens with zero attached hydrogens (tertiary/aromatic N) is 1. The van der Waals surface area contributed by atoms with Gasteiger partial charge < -0.3 is 10.5 Å². The fourth-order valence-electron chi connectivity index (χ4n) is 1.17. The Bertz CT molecular complexity index is 263. The van der Waals surface area contributed by atoms with E-state index in [1.54, 1.807) is 6.20 Å². The Balaban J connectivity index is 2.34. The van der Waals surface area contributed by atoms with E-state index in [-0.39, 0.29) is 0 Å². The number of hydrogen-bond acceptors (Lipinski definition) is 3. The summed E-state index contributed by atoms with van der Waals surface area (Å²) in [6.45, 7) is 4.14. The molecule has 0 bridgehead atoms. The number of rotatable bonds is 6. The zero-order valence-corrected chi connectivity index (χ0v) is 8.70. The van der Waals surface area contributed by atoms with Gasteiger partial charge in [-0.3, -0.25) is 4.98 Å². The summed E-state index contributed by atoms with van der Waals surface area (Å²) in [5, 5.41) is 0. The first-order valence-electron chi connectivity index (χ1n) is 5.08. The molecule has 3 nitrogen and oxygen atoms in total. The molecule has 0 spiro atoms. The van der Waals surface area contributed by atoms with Gasteiger partial charge in [-0.05, 0) is 24.1 Å². The van der Waals surface area contributed by atoms with Gasteiger partial charge >= 0.3 is 0 Å². The van der Waals surface area contributed by atoms with Crippen molar-refractivity contribution in [3.63, 3.8) is 0 Å². The molecule has 0 saturated heterocycles. The van der Waals surface area contributed by atoms with Crippen molar-refractivity contribution in [2.75, 3.05) is 6.61 Å². The normalized spacial score (nSPS) is 10.4. The van der Waals surface area contributed by atoms with Crippen molar-refractivity contribution in [1.29, 1.82) is 0 Å². The van der Waals surface area contributed by atoms with Crippen molar-refractivity contribution in [2.45, 2.75) is 32.9 Å². The second kappa shape index (κ2) is 6.51. The third kappa shape index (κ3) is 3.85. The number of aromatic nitrogens is 1. The van der Waals surface area contributed by atoms with E-state index in [9.17, 15) is 0 Å². The van der Waals surface area contributed by atoms with Crippen molar-refractivity contribution in [3.05, 3.63) is 29.6 Å². The molecule has 14 heavy (non-hydrogen) atoms. The van der Waals surface area contributed by atoms with Crippen LogP contribution in [-0.4, -0.2) is 11.6 Å². The highest BCUT2D eigenvalue weighted by atomic mass is 16.5. The zero-order chi connectivity index (χ0) is 10.2. The molecule has 0 unspecified atom stereocenters. The fraction of sp³-hybridized carbons (Fsp3) is 0.545. The molecule has 3 heteroatoms. The molecule has 1 aromatic heterocycles. The molecule has 0 aliphatic carbocycles. The smallest absolute Gasteiger partial charge is 0.0718 e. The molecule has 1 rings (SSSR count). The van der Waals surface area contributed by atoms with Crippen LogP contribution in [0.4, 0.5) is 0 Å². The molecule has 0 aliphatic heterocycles. The molecule has 0 aliphatic rings. The first kappa shape index (κ1) is 11.1. The average Bonchev–Trinajstić information content (AvgIpc) is 2.25. The van der Waals surface area contributed by atoms with Crippen LogP contribution in [0.15, 0.2) is 18.3 Å². The third-order valence-electron chi connectivity index (χ3n) is 2.00. The zero-order valence-electron chi connectivity index (χ0n) is 8.70. The predicted molar refractivity (Wildman–Crippen MR) is 56.7 cm³/mol. The lowest BCUT2D eigenvalue weighted by Crippen LogP contribution is -2.01. The Kier molecular flexibility index (Phi) is 5.19. The highest BCUT2D eigenvalue weighted by molar-refractivity contribution is 5.15. The molecule has 0 radical (unpaired) electrons. The molecule has 1 heterocycles. The third-order valence-corrected chi connectivity index (χ3v) is 2.00. The van der Waals surface area contributed by atoms with Gasteiger partial charge in [0, 0.05) is 19.3 Å². The summed E-state index contributed by atoms with van der Waals surface area (Å²) >= 11 is 0. The molecule has 78 valence electrons. The van der Waals surface area contributed by atoms with Crippen LogP contribution in [0.25, 0.3) is 0 Å².